The van der Waals surface area contributed by atoms with Crippen LogP contribution in [0.2, 0.25) is 0 Å². The summed E-state index contributed by atoms with van der Waals surface area (Å²) >= 11 is 0. The van der Waals surface area contributed by atoms with E-state index >= 15 is 0 Å². The van der Waals surface area contributed by atoms with Crippen molar-refractivity contribution < 1.29 is 27.2 Å². The van der Waals surface area contributed by atoms with Crippen molar-refractivity contribution in [2.75, 3.05) is 18.4 Å². The van der Waals surface area contributed by atoms with E-state index in [9.17, 15) is 22.8 Å². The fourth-order valence-corrected chi connectivity index (χ4v) is 5.39. The van der Waals surface area contributed by atoms with Gasteiger partial charge in [-0.2, -0.15) is 4.31 Å². The smallest absolute Gasteiger partial charge is 0.355 e. The van der Waals surface area contributed by atoms with Crippen LogP contribution in [0.1, 0.15) is 35.8 Å². The summed E-state index contributed by atoms with van der Waals surface area (Å²) in [5.74, 6) is -0.993. The maximum Gasteiger partial charge on any atom is 0.355 e. The zero-order valence-corrected chi connectivity index (χ0v) is 19.0. The van der Waals surface area contributed by atoms with Crippen LogP contribution in [-0.2, 0) is 33.2 Å². The molecule has 1 N–H and O–H groups in total. The van der Waals surface area contributed by atoms with Gasteiger partial charge < -0.3 is 19.0 Å². The molecule has 174 valence electrons. The number of benzene rings is 1. The van der Waals surface area contributed by atoms with Gasteiger partial charge in [0.05, 0.1) is 0 Å². The molecule has 3 heterocycles. The highest BCUT2D eigenvalue weighted by Gasteiger charge is 2.29. The molecule has 0 bridgehead atoms. The van der Waals surface area contributed by atoms with Crippen LogP contribution >= 0.6 is 0 Å². The topological polar surface area (TPSA) is 128 Å². The normalized spacial score (nSPS) is 14.5. The molecule has 0 radical (unpaired) electrons. The molecule has 0 atom stereocenters. The van der Waals surface area contributed by atoms with Gasteiger partial charge in [-0.3, -0.25) is 4.79 Å². The van der Waals surface area contributed by atoms with E-state index in [0.717, 1.165) is 12.8 Å². The molecule has 4 rings (SSSR count). The molecule has 0 unspecified atom stereocenters. The zero-order valence-electron chi connectivity index (χ0n) is 18.2. The summed E-state index contributed by atoms with van der Waals surface area (Å²) in [5, 5.41) is 3.15. The first-order valence-corrected chi connectivity index (χ1v) is 11.8. The summed E-state index contributed by atoms with van der Waals surface area (Å²) in [6, 6.07) is 7.32. The lowest BCUT2D eigenvalue weighted by Gasteiger charge is -2.13. The van der Waals surface area contributed by atoms with Gasteiger partial charge in [-0.25, -0.2) is 18.0 Å². The fraction of sp³-hybridized carbons (Fsp3) is 0.318. The second-order valence-electron chi connectivity index (χ2n) is 7.84. The quantitative estimate of drug-likeness (QED) is 0.429. The number of anilines is 1. The average Bonchev–Trinajstić information content (AvgIpc) is 3.41. The van der Waals surface area contributed by atoms with Gasteiger partial charge in [-0.05, 0) is 31.0 Å². The van der Waals surface area contributed by atoms with Crippen molar-refractivity contribution in [1.82, 2.24) is 8.87 Å². The van der Waals surface area contributed by atoms with Gasteiger partial charge in [0.15, 0.2) is 0 Å². The number of hydrogen-bond acceptors (Lipinski definition) is 7. The van der Waals surface area contributed by atoms with Crippen molar-refractivity contribution in [3.63, 3.8) is 0 Å². The van der Waals surface area contributed by atoms with Gasteiger partial charge in [-0.15, -0.1) is 0 Å². The monoisotopic (exact) mass is 473 g/mol. The number of ether oxygens (including phenoxy) is 1. The first-order valence-electron chi connectivity index (χ1n) is 10.3. The van der Waals surface area contributed by atoms with E-state index in [0.29, 0.717) is 29.7 Å². The number of aromatic nitrogens is 1. The molecule has 1 aliphatic heterocycles. The molecule has 1 saturated heterocycles. The number of esters is 1. The largest absolute Gasteiger partial charge is 0.456 e. The van der Waals surface area contributed by atoms with Crippen LogP contribution in [-0.4, -0.2) is 42.3 Å². The van der Waals surface area contributed by atoms with Crippen LogP contribution in [0.3, 0.4) is 0 Å². The van der Waals surface area contributed by atoms with Gasteiger partial charge in [0.25, 0.3) is 0 Å². The van der Waals surface area contributed by atoms with E-state index in [-0.39, 0.29) is 28.7 Å². The molecule has 0 saturated carbocycles. The molecule has 1 aliphatic rings. The van der Waals surface area contributed by atoms with Crippen molar-refractivity contribution in [3.05, 3.63) is 58.2 Å². The minimum absolute atomic E-state index is 0.0372. The van der Waals surface area contributed by atoms with E-state index in [4.69, 9.17) is 9.15 Å². The third kappa shape index (κ3) is 4.69. The summed E-state index contributed by atoms with van der Waals surface area (Å²) in [6.07, 6.45) is 3.01. The highest BCUT2D eigenvalue weighted by atomic mass is 32.2. The fourth-order valence-electron chi connectivity index (χ4n) is 3.80. The third-order valence-electron chi connectivity index (χ3n) is 5.40. The molecular formula is C22H23N3O7S. The lowest BCUT2D eigenvalue weighted by Crippen LogP contribution is -2.27. The number of rotatable bonds is 6. The highest BCUT2D eigenvalue weighted by Crippen LogP contribution is 2.24. The third-order valence-corrected chi connectivity index (χ3v) is 7.27. The summed E-state index contributed by atoms with van der Waals surface area (Å²) in [7, 11) is -2.10. The Bertz CT molecular complexity index is 1400. The predicted octanol–water partition coefficient (Wildman–Crippen LogP) is 2.23. The van der Waals surface area contributed by atoms with Gasteiger partial charge in [-0.1, -0.05) is 0 Å². The molecule has 0 aliphatic carbocycles. The zero-order chi connectivity index (χ0) is 23.8. The van der Waals surface area contributed by atoms with Crippen LogP contribution in [0.25, 0.3) is 11.0 Å². The lowest BCUT2D eigenvalue weighted by molar-refractivity contribution is -0.114. The number of amides is 1. The highest BCUT2D eigenvalue weighted by molar-refractivity contribution is 7.89. The number of nitrogens with one attached hydrogen (secondary N) is 1. The van der Waals surface area contributed by atoms with Gasteiger partial charge >= 0.3 is 11.6 Å². The van der Waals surface area contributed by atoms with E-state index in [1.165, 1.54) is 40.2 Å². The molecule has 1 aromatic carbocycles. The van der Waals surface area contributed by atoms with Crippen LogP contribution in [0.4, 0.5) is 5.69 Å². The number of sulfonamides is 1. The SMILES string of the molecule is CC(=O)Nc1ccc2c(COC(=O)c3cc(S(=O)(=O)N4CCCC4)cn3C)cc(=O)oc2c1. The molecule has 33 heavy (non-hydrogen) atoms. The molecule has 2 aromatic heterocycles. The first-order chi connectivity index (χ1) is 15.6. The van der Waals surface area contributed by atoms with E-state index < -0.39 is 21.6 Å². The average molecular weight is 474 g/mol. The maximum atomic E-state index is 12.8. The number of nitrogens with zero attached hydrogens (tertiary/aromatic N) is 2. The Morgan fingerprint density at radius 2 is 1.88 bits per heavy atom. The van der Waals surface area contributed by atoms with Crippen LogP contribution in [0, 0.1) is 0 Å². The molecule has 10 nitrogen and oxygen atoms in total. The molecular weight excluding hydrogens is 450 g/mol. The van der Waals surface area contributed by atoms with Crippen LogP contribution in [0.5, 0.6) is 0 Å². The van der Waals surface area contributed by atoms with Gasteiger partial charge in [0.1, 0.15) is 22.8 Å². The Balaban J connectivity index is 1.55. The van der Waals surface area contributed by atoms with Gasteiger partial charge in [0.2, 0.25) is 15.9 Å². The summed E-state index contributed by atoms with van der Waals surface area (Å²) in [5.41, 5.74) is 0.558. The van der Waals surface area contributed by atoms with Crippen molar-refractivity contribution in [3.8, 4) is 0 Å². The number of carbonyl (C=O) groups excluding carboxylic acids is 2. The molecule has 0 spiro atoms. The standard InChI is InChI=1S/C22H23N3O7S/c1-14(26)23-16-5-6-18-15(9-21(27)32-20(18)10-16)13-31-22(28)19-11-17(12-24(19)2)33(29,30)25-7-3-4-8-25/h5-6,9-12H,3-4,7-8,13H2,1-2H3,(H,23,26). The summed E-state index contributed by atoms with van der Waals surface area (Å²) in [4.78, 5) is 36.0. The van der Waals surface area contributed by atoms with E-state index in [1.807, 2.05) is 0 Å². The van der Waals surface area contributed by atoms with Crippen molar-refractivity contribution in [1.29, 1.82) is 0 Å². The van der Waals surface area contributed by atoms with E-state index in [2.05, 4.69) is 5.32 Å². The van der Waals surface area contributed by atoms with E-state index in [1.54, 1.807) is 19.2 Å². The Labute approximate surface area is 189 Å². The summed E-state index contributed by atoms with van der Waals surface area (Å²) < 4.78 is 38.9. The molecule has 3 aromatic rings. The number of fused-ring (bicyclic) bond motifs is 1. The second-order valence-corrected chi connectivity index (χ2v) is 9.78. The minimum Gasteiger partial charge on any atom is -0.456 e. The van der Waals surface area contributed by atoms with Crippen molar-refractivity contribution in [2.24, 2.45) is 7.05 Å². The predicted molar refractivity (Wildman–Crippen MR) is 119 cm³/mol. The maximum absolute atomic E-state index is 12.8. The van der Waals surface area contributed by atoms with Crippen molar-refractivity contribution in [2.45, 2.75) is 31.3 Å². The number of carbonyl (C=O) groups is 2. The second kappa shape index (κ2) is 8.83. The summed E-state index contributed by atoms with van der Waals surface area (Å²) in [6.45, 7) is 2.07. The van der Waals surface area contributed by atoms with Crippen LogP contribution in [0.15, 0.2) is 50.6 Å². The molecule has 1 fully saturated rings. The van der Waals surface area contributed by atoms with Crippen molar-refractivity contribution >= 4 is 38.6 Å². The molecule has 11 heteroatoms. The minimum atomic E-state index is -3.67. The Morgan fingerprint density at radius 1 is 1.15 bits per heavy atom. The Hall–Kier alpha value is -3.44. The molecule has 1 amide bonds. The number of hydrogen-bond donors (Lipinski definition) is 1. The number of aryl methyl sites for hydroxylation is 1. The van der Waals surface area contributed by atoms with Crippen LogP contribution < -0.4 is 10.9 Å². The Kier molecular flexibility index (Phi) is 6.09. The first kappa shape index (κ1) is 22.7. The lowest BCUT2D eigenvalue weighted by atomic mass is 10.1. The Morgan fingerprint density at radius 3 is 2.58 bits per heavy atom. The van der Waals surface area contributed by atoms with Gasteiger partial charge in [0, 0.05) is 62.0 Å².